The maximum Gasteiger partial charge on any atom is 0.266 e. The Morgan fingerprint density at radius 1 is 1.14 bits per heavy atom. The standard InChI is InChI=1S/C24H18BrFN2O/c1-16-5-2-3-8-23(16)28-24(29)20(15-27)12-18-9-10-19(22(25)14-18)11-17-6-4-7-21(26)13-17/h2-10,12-14H,11H2,1H3,(H,28,29)/b20-12+. The lowest BCUT2D eigenvalue weighted by molar-refractivity contribution is -0.112. The van der Waals surface area contributed by atoms with Crippen LogP contribution in [-0.2, 0) is 11.2 Å². The molecule has 144 valence electrons. The summed E-state index contributed by atoms with van der Waals surface area (Å²) in [7, 11) is 0. The summed E-state index contributed by atoms with van der Waals surface area (Å²) in [6.45, 7) is 1.89. The number of carbonyl (C=O) groups is 1. The molecule has 0 bridgehead atoms. The average Bonchev–Trinajstić information content (AvgIpc) is 2.70. The van der Waals surface area contributed by atoms with Crippen LogP contribution in [-0.4, -0.2) is 5.91 Å². The predicted octanol–water partition coefficient (Wildman–Crippen LogP) is 6.03. The van der Waals surface area contributed by atoms with Crippen LogP contribution in [0.4, 0.5) is 10.1 Å². The first-order valence-electron chi connectivity index (χ1n) is 8.98. The third-order valence-corrected chi connectivity index (χ3v) is 5.17. The Morgan fingerprint density at radius 3 is 2.62 bits per heavy atom. The number of nitrogens with one attached hydrogen (secondary N) is 1. The number of aryl methyl sites for hydroxylation is 1. The third kappa shape index (κ3) is 5.40. The van der Waals surface area contributed by atoms with Gasteiger partial charge in [-0.3, -0.25) is 4.79 Å². The molecule has 3 aromatic carbocycles. The Balaban J connectivity index is 1.79. The van der Waals surface area contributed by atoms with Gasteiger partial charge in [-0.05, 0) is 65.9 Å². The van der Waals surface area contributed by atoms with Crippen molar-refractivity contribution in [3.63, 3.8) is 0 Å². The molecule has 0 atom stereocenters. The summed E-state index contributed by atoms with van der Waals surface area (Å²) in [6, 6.07) is 21.4. The predicted molar refractivity (Wildman–Crippen MR) is 117 cm³/mol. The zero-order valence-electron chi connectivity index (χ0n) is 15.7. The minimum atomic E-state index is -0.457. The lowest BCUT2D eigenvalue weighted by Gasteiger charge is -2.08. The summed E-state index contributed by atoms with van der Waals surface area (Å²) in [5.74, 6) is -0.724. The molecule has 29 heavy (non-hydrogen) atoms. The molecule has 3 rings (SSSR count). The largest absolute Gasteiger partial charge is 0.321 e. The number of hydrogen-bond donors (Lipinski definition) is 1. The van der Waals surface area contributed by atoms with Gasteiger partial charge in [-0.15, -0.1) is 0 Å². The van der Waals surface area contributed by atoms with Gasteiger partial charge in [-0.2, -0.15) is 5.26 Å². The maximum atomic E-state index is 13.4. The van der Waals surface area contributed by atoms with Crippen LogP contribution in [0.1, 0.15) is 22.3 Å². The number of benzene rings is 3. The summed E-state index contributed by atoms with van der Waals surface area (Å²) in [6.07, 6.45) is 2.12. The van der Waals surface area contributed by atoms with Crippen molar-refractivity contribution in [1.29, 1.82) is 5.26 Å². The van der Waals surface area contributed by atoms with E-state index >= 15 is 0 Å². The van der Waals surface area contributed by atoms with Gasteiger partial charge in [0.05, 0.1) is 0 Å². The van der Waals surface area contributed by atoms with Gasteiger partial charge in [0.2, 0.25) is 0 Å². The van der Waals surface area contributed by atoms with Crippen molar-refractivity contribution < 1.29 is 9.18 Å². The van der Waals surface area contributed by atoms with Gasteiger partial charge >= 0.3 is 0 Å². The quantitative estimate of drug-likeness (QED) is 0.382. The summed E-state index contributed by atoms with van der Waals surface area (Å²) >= 11 is 3.53. The molecule has 5 heteroatoms. The van der Waals surface area contributed by atoms with Crippen molar-refractivity contribution in [2.75, 3.05) is 5.32 Å². The summed E-state index contributed by atoms with van der Waals surface area (Å²) in [4.78, 5) is 12.5. The van der Waals surface area contributed by atoms with Gasteiger partial charge in [-0.1, -0.05) is 58.4 Å². The second-order valence-corrected chi connectivity index (χ2v) is 7.45. The Hall–Kier alpha value is -3.23. The number of rotatable bonds is 5. The van der Waals surface area contributed by atoms with E-state index in [1.165, 1.54) is 12.1 Å². The highest BCUT2D eigenvalue weighted by atomic mass is 79.9. The molecule has 0 aliphatic carbocycles. The lowest BCUT2D eigenvalue weighted by atomic mass is 10.0. The topological polar surface area (TPSA) is 52.9 Å². The van der Waals surface area contributed by atoms with Crippen molar-refractivity contribution >= 4 is 33.6 Å². The minimum absolute atomic E-state index is 0.0121. The number of anilines is 1. The van der Waals surface area contributed by atoms with Crippen molar-refractivity contribution in [2.24, 2.45) is 0 Å². The van der Waals surface area contributed by atoms with E-state index in [0.717, 1.165) is 26.7 Å². The average molecular weight is 449 g/mol. The van der Waals surface area contributed by atoms with Gasteiger partial charge in [-0.25, -0.2) is 4.39 Å². The van der Waals surface area contributed by atoms with Crippen LogP contribution in [0, 0.1) is 24.1 Å². The highest BCUT2D eigenvalue weighted by molar-refractivity contribution is 9.10. The number of nitrogens with zero attached hydrogens (tertiary/aromatic N) is 1. The van der Waals surface area contributed by atoms with Gasteiger partial charge < -0.3 is 5.32 Å². The third-order valence-electron chi connectivity index (χ3n) is 4.43. The zero-order valence-corrected chi connectivity index (χ0v) is 17.3. The molecule has 0 spiro atoms. The van der Waals surface area contributed by atoms with Gasteiger partial charge in [0.25, 0.3) is 5.91 Å². The van der Waals surface area contributed by atoms with E-state index in [2.05, 4.69) is 21.2 Å². The molecule has 0 radical (unpaired) electrons. The number of para-hydroxylation sites is 1. The lowest BCUT2D eigenvalue weighted by Crippen LogP contribution is -2.14. The van der Waals surface area contributed by atoms with E-state index in [1.54, 1.807) is 18.2 Å². The van der Waals surface area contributed by atoms with Crippen LogP contribution >= 0.6 is 15.9 Å². The number of amides is 1. The molecule has 0 aliphatic heterocycles. The molecular formula is C24H18BrFN2O. The van der Waals surface area contributed by atoms with Crippen molar-refractivity contribution in [1.82, 2.24) is 0 Å². The molecule has 0 heterocycles. The van der Waals surface area contributed by atoms with Crippen molar-refractivity contribution in [2.45, 2.75) is 13.3 Å². The van der Waals surface area contributed by atoms with Crippen LogP contribution < -0.4 is 5.32 Å². The minimum Gasteiger partial charge on any atom is -0.321 e. The summed E-state index contributed by atoms with van der Waals surface area (Å²) in [5, 5.41) is 12.2. The smallest absolute Gasteiger partial charge is 0.266 e. The second-order valence-electron chi connectivity index (χ2n) is 6.60. The Kier molecular flexibility index (Phi) is 6.58. The van der Waals surface area contributed by atoms with E-state index in [-0.39, 0.29) is 11.4 Å². The summed E-state index contributed by atoms with van der Waals surface area (Å²) in [5.41, 5.74) is 4.17. The molecule has 1 amide bonds. The fraction of sp³-hybridized carbons (Fsp3) is 0.0833. The fourth-order valence-corrected chi connectivity index (χ4v) is 3.42. The van der Waals surface area contributed by atoms with Crippen molar-refractivity contribution in [3.05, 3.63) is 105 Å². The first-order chi connectivity index (χ1) is 14.0. The molecule has 1 N–H and O–H groups in total. The van der Waals surface area contributed by atoms with Crippen LogP contribution in [0.25, 0.3) is 6.08 Å². The Bertz CT molecular complexity index is 1130. The number of carbonyl (C=O) groups excluding carboxylic acids is 1. The van der Waals surface area contributed by atoms with Crippen LogP contribution in [0.3, 0.4) is 0 Å². The molecule has 0 unspecified atom stereocenters. The Morgan fingerprint density at radius 2 is 1.93 bits per heavy atom. The van der Waals surface area contributed by atoms with Gasteiger partial charge in [0, 0.05) is 10.2 Å². The van der Waals surface area contributed by atoms with E-state index in [0.29, 0.717) is 12.1 Å². The first kappa shape index (κ1) is 20.5. The molecule has 3 nitrogen and oxygen atoms in total. The zero-order chi connectivity index (χ0) is 20.8. The van der Waals surface area contributed by atoms with Crippen molar-refractivity contribution in [3.8, 4) is 6.07 Å². The number of halogens is 2. The second kappa shape index (κ2) is 9.31. The number of hydrogen-bond acceptors (Lipinski definition) is 2. The molecule has 0 aliphatic rings. The molecule has 0 saturated carbocycles. The van der Waals surface area contributed by atoms with E-state index < -0.39 is 5.91 Å². The first-order valence-corrected chi connectivity index (χ1v) is 9.77. The SMILES string of the molecule is Cc1ccccc1NC(=O)/C(C#N)=C/c1ccc(Cc2cccc(F)c2)c(Br)c1. The summed E-state index contributed by atoms with van der Waals surface area (Å²) < 4.78 is 14.2. The molecule has 0 saturated heterocycles. The van der Waals surface area contributed by atoms with Crippen LogP contribution in [0.15, 0.2) is 76.8 Å². The highest BCUT2D eigenvalue weighted by Crippen LogP contribution is 2.23. The van der Waals surface area contributed by atoms with Crippen LogP contribution in [0.2, 0.25) is 0 Å². The van der Waals surface area contributed by atoms with Crippen LogP contribution in [0.5, 0.6) is 0 Å². The molecular weight excluding hydrogens is 431 g/mol. The Labute approximate surface area is 177 Å². The maximum absolute atomic E-state index is 13.4. The van der Waals surface area contributed by atoms with E-state index in [1.807, 2.05) is 55.5 Å². The highest BCUT2D eigenvalue weighted by Gasteiger charge is 2.11. The van der Waals surface area contributed by atoms with Gasteiger partial charge in [0.15, 0.2) is 0 Å². The monoisotopic (exact) mass is 448 g/mol. The van der Waals surface area contributed by atoms with Gasteiger partial charge in [0.1, 0.15) is 17.5 Å². The fourth-order valence-electron chi connectivity index (χ4n) is 2.88. The van der Waals surface area contributed by atoms with E-state index in [9.17, 15) is 14.4 Å². The normalized spacial score (nSPS) is 11.0. The molecule has 3 aromatic rings. The molecule has 0 fully saturated rings. The molecule has 0 aromatic heterocycles. The number of nitriles is 1. The van der Waals surface area contributed by atoms with E-state index in [4.69, 9.17) is 0 Å².